The lowest BCUT2D eigenvalue weighted by atomic mass is 10.2. The van der Waals surface area contributed by atoms with E-state index in [1.807, 2.05) is 0 Å². The fourth-order valence-corrected chi connectivity index (χ4v) is 4.29. The molecule has 0 bridgehead atoms. The molecule has 3 aromatic rings. The smallest absolute Gasteiger partial charge is 0.425 e. The number of amides is 3. The van der Waals surface area contributed by atoms with Gasteiger partial charge in [-0.1, -0.05) is 29.3 Å². The van der Waals surface area contributed by atoms with Gasteiger partial charge in [0.15, 0.2) is 11.6 Å². The first-order valence-electron chi connectivity index (χ1n) is 14.2. The van der Waals surface area contributed by atoms with Gasteiger partial charge >= 0.3 is 18.3 Å². The van der Waals surface area contributed by atoms with Crippen LogP contribution in [0.25, 0.3) is 11.3 Å². The number of benzene rings is 1. The van der Waals surface area contributed by atoms with Crippen molar-refractivity contribution in [1.82, 2.24) is 19.7 Å². The van der Waals surface area contributed by atoms with Crippen LogP contribution in [-0.4, -0.2) is 61.1 Å². The van der Waals surface area contributed by atoms with E-state index in [1.54, 1.807) is 86.7 Å². The number of halogens is 2. The van der Waals surface area contributed by atoms with Crippen LogP contribution >= 0.6 is 23.2 Å². The van der Waals surface area contributed by atoms with Gasteiger partial charge in [-0.05, 0) is 74.4 Å². The molecule has 0 aliphatic heterocycles. The largest absolute Gasteiger partial charge is 0.443 e. The minimum Gasteiger partial charge on any atom is -0.443 e. The molecular formula is C31H38Cl2N6O7. The molecule has 0 atom stereocenters. The zero-order chi connectivity index (χ0) is 34.6. The van der Waals surface area contributed by atoms with E-state index in [0.29, 0.717) is 22.3 Å². The van der Waals surface area contributed by atoms with Crippen molar-refractivity contribution in [3.8, 4) is 11.3 Å². The number of rotatable bonds is 7. The Morgan fingerprint density at radius 2 is 1.35 bits per heavy atom. The van der Waals surface area contributed by atoms with Crippen LogP contribution in [0.3, 0.4) is 0 Å². The molecule has 2 aromatic heterocycles. The fourth-order valence-electron chi connectivity index (χ4n) is 3.77. The van der Waals surface area contributed by atoms with Gasteiger partial charge in [0, 0.05) is 27.4 Å². The maximum atomic E-state index is 13.9. The molecule has 0 unspecified atom stereocenters. The first-order valence-corrected chi connectivity index (χ1v) is 15.0. The van der Waals surface area contributed by atoms with Crippen molar-refractivity contribution in [1.29, 1.82) is 0 Å². The summed E-state index contributed by atoms with van der Waals surface area (Å²) in [6.45, 7) is 14.4. The minimum absolute atomic E-state index is 0.0154. The zero-order valence-electron chi connectivity index (χ0n) is 27.3. The summed E-state index contributed by atoms with van der Waals surface area (Å²) < 4.78 is 18.2. The molecule has 2 heterocycles. The van der Waals surface area contributed by atoms with E-state index >= 15 is 0 Å². The lowest BCUT2D eigenvalue weighted by Gasteiger charge is -2.31. The number of anilines is 2. The summed E-state index contributed by atoms with van der Waals surface area (Å²) in [5, 5.41) is 4.61. The van der Waals surface area contributed by atoms with Crippen LogP contribution in [0.4, 0.5) is 26.0 Å². The molecule has 15 heteroatoms. The predicted molar refractivity (Wildman–Crippen MR) is 173 cm³/mol. The predicted octanol–water partition coefficient (Wildman–Crippen LogP) is 7.46. The number of ether oxygens (including phenoxy) is 3. The molecule has 0 saturated heterocycles. The maximum Gasteiger partial charge on any atom is 0.425 e. The number of carbonyl (C=O) groups excluding carboxylic acids is 4. The molecule has 0 saturated carbocycles. The Bertz CT molecular complexity index is 1560. The van der Waals surface area contributed by atoms with Gasteiger partial charge in [0.2, 0.25) is 0 Å². The highest BCUT2D eigenvalue weighted by Crippen LogP contribution is 2.35. The van der Waals surface area contributed by atoms with Gasteiger partial charge < -0.3 is 19.0 Å². The van der Waals surface area contributed by atoms with Crippen LogP contribution in [0.5, 0.6) is 0 Å². The molecule has 0 aliphatic carbocycles. The first-order chi connectivity index (χ1) is 21.2. The van der Waals surface area contributed by atoms with Crippen molar-refractivity contribution < 1.29 is 33.4 Å². The minimum atomic E-state index is -1.14. The highest BCUT2D eigenvalue weighted by Gasteiger charge is 2.39. The summed E-state index contributed by atoms with van der Waals surface area (Å²) in [5.41, 5.74) is -2.11. The molecule has 0 spiro atoms. The van der Waals surface area contributed by atoms with Crippen LogP contribution in [0.15, 0.2) is 36.8 Å². The Hall–Kier alpha value is -4.23. The van der Waals surface area contributed by atoms with Gasteiger partial charge in [0.05, 0.1) is 31.2 Å². The standard InChI is InChI=1S/C31H38Cl2N6O7/c1-29(2,3)44-26(41)38(18-20-21(32)11-10-12-22(20)33)25-24(34-16-23(36-25)19-15-35-37(17-19)13-14-40)39(27(42)45-30(4,5)6)28(43)46-31(7,8)9/h10-12,14-17H,13,18H2,1-9H3. The number of carbonyl (C=O) groups is 4. The number of nitrogens with zero attached hydrogens (tertiary/aromatic N) is 6. The van der Waals surface area contributed by atoms with E-state index < -0.39 is 40.9 Å². The number of hydrogen-bond donors (Lipinski definition) is 0. The molecule has 248 valence electrons. The Morgan fingerprint density at radius 1 is 0.826 bits per heavy atom. The Morgan fingerprint density at radius 3 is 1.85 bits per heavy atom. The Labute approximate surface area is 277 Å². The third-order valence-electron chi connectivity index (χ3n) is 5.54. The molecule has 0 N–H and O–H groups in total. The second-order valence-electron chi connectivity index (χ2n) is 13.1. The summed E-state index contributed by atoms with van der Waals surface area (Å²) in [6, 6.07) is 4.82. The van der Waals surface area contributed by atoms with Gasteiger partial charge in [0.25, 0.3) is 0 Å². The van der Waals surface area contributed by atoms with Crippen LogP contribution < -0.4 is 9.80 Å². The average Bonchev–Trinajstić information content (AvgIpc) is 3.35. The van der Waals surface area contributed by atoms with Crippen LogP contribution in [0.2, 0.25) is 10.0 Å². The van der Waals surface area contributed by atoms with E-state index in [1.165, 1.54) is 17.1 Å². The van der Waals surface area contributed by atoms with Gasteiger partial charge in [-0.3, -0.25) is 9.58 Å². The molecule has 3 rings (SSSR count). The Kier molecular flexibility index (Phi) is 11.1. The summed E-state index contributed by atoms with van der Waals surface area (Å²) in [4.78, 5) is 63.1. The van der Waals surface area contributed by atoms with Crippen molar-refractivity contribution in [3.63, 3.8) is 0 Å². The van der Waals surface area contributed by atoms with Gasteiger partial charge in [-0.25, -0.2) is 24.4 Å². The molecule has 46 heavy (non-hydrogen) atoms. The van der Waals surface area contributed by atoms with Crippen LogP contribution in [-0.2, 0) is 32.1 Å². The zero-order valence-corrected chi connectivity index (χ0v) is 28.8. The van der Waals surface area contributed by atoms with Crippen molar-refractivity contribution in [2.45, 2.75) is 92.2 Å². The van der Waals surface area contributed by atoms with Crippen LogP contribution in [0, 0.1) is 0 Å². The molecular weight excluding hydrogens is 639 g/mol. The first kappa shape index (κ1) is 36.2. The monoisotopic (exact) mass is 676 g/mol. The third kappa shape index (κ3) is 9.88. The number of imide groups is 1. The van der Waals surface area contributed by atoms with E-state index in [4.69, 9.17) is 37.4 Å². The van der Waals surface area contributed by atoms with E-state index in [0.717, 1.165) is 4.90 Å². The highest BCUT2D eigenvalue weighted by atomic mass is 35.5. The molecule has 0 fully saturated rings. The topological polar surface area (TPSA) is 146 Å². The molecule has 13 nitrogen and oxygen atoms in total. The van der Waals surface area contributed by atoms with Gasteiger partial charge in [-0.2, -0.15) is 10.00 Å². The molecule has 3 amide bonds. The number of hydrogen-bond acceptors (Lipinski definition) is 10. The summed E-state index contributed by atoms with van der Waals surface area (Å²) in [7, 11) is 0. The second-order valence-corrected chi connectivity index (χ2v) is 13.9. The lowest BCUT2D eigenvalue weighted by molar-refractivity contribution is -0.108. The van der Waals surface area contributed by atoms with Crippen molar-refractivity contribution in [3.05, 3.63) is 52.4 Å². The molecule has 1 aromatic carbocycles. The summed E-state index contributed by atoms with van der Waals surface area (Å²) >= 11 is 13.0. The molecule has 0 radical (unpaired) electrons. The summed E-state index contributed by atoms with van der Waals surface area (Å²) in [5.74, 6) is -0.691. The third-order valence-corrected chi connectivity index (χ3v) is 6.25. The lowest BCUT2D eigenvalue weighted by Crippen LogP contribution is -2.46. The average molecular weight is 678 g/mol. The second kappa shape index (κ2) is 14.0. The number of aromatic nitrogens is 4. The molecule has 0 aliphatic rings. The van der Waals surface area contributed by atoms with Crippen molar-refractivity contribution in [2.75, 3.05) is 9.80 Å². The van der Waals surface area contributed by atoms with E-state index in [2.05, 4.69) is 15.1 Å². The Balaban J connectivity index is 2.37. The maximum absolute atomic E-state index is 13.9. The van der Waals surface area contributed by atoms with E-state index in [9.17, 15) is 19.2 Å². The SMILES string of the molecule is CC(C)(C)OC(=O)N(Cc1c(Cl)cccc1Cl)c1nc(-c2cnn(CC=O)c2)cnc1N(C(=O)OC(C)(C)C)C(=O)OC(C)(C)C. The normalized spacial score (nSPS) is 11.9. The van der Waals surface area contributed by atoms with Crippen molar-refractivity contribution >= 4 is 59.4 Å². The van der Waals surface area contributed by atoms with Crippen LogP contribution in [0.1, 0.15) is 67.9 Å². The van der Waals surface area contributed by atoms with Crippen molar-refractivity contribution in [2.24, 2.45) is 0 Å². The fraction of sp³-hybridized carbons (Fsp3) is 0.452. The van der Waals surface area contributed by atoms with Gasteiger partial charge in [-0.15, -0.1) is 0 Å². The summed E-state index contributed by atoms with van der Waals surface area (Å²) in [6.07, 6.45) is 1.75. The quantitative estimate of drug-likeness (QED) is 0.182. The highest BCUT2D eigenvalue weighted by molar-refractivity contribution is 6.36. The van der Waals surface area contributed by atoms with Gasteiger partial charge in [0.1, 0.15) is 23.1 Å². The number of aldehydes is 1. The van der Waals surface area contributed by atoms with E-state index in [-0.39, 0.29) is 34.6 Å².